The third kappa shape index (κ3) is 2.28. The number of aromatic nitrogens is 3. The highest BCUT2D eigenvalue weighted by molar-refractivity contribution is 6.30. The molecule has 2 aromatic heterocycles. The zero-order valence-corrected chi connectivity index (χ0v) is 10.2. The van der Waals surface area contributed by atoms with E-state index in [4.69, 9.17) is 16.3 Å². The van der Waals surface area contributed by atoms with Crippen LogP contribution in [0.1, 0.15) is 18.7 Å². The molecule has 0 N–H and O–H groups in total. The van der Waals surface area contributed by atoms with E-state index >= 15 is 0 Å². The lowest BCUT2D eigenvalue weighted by atomic mass is 9.98. The van der Waals surface area contributed by atoms with E-state index in [1.54, 1.807) is 0 Å². The van der Waals surface area contributed by atoms with E-state index < -0.39 is 0 Å². The Labute approximate surface area is 105 Å². The van der Waals surface area contributed by atoms with Gasteiger partial charge < -0.3 is 4.74 Å². The second-order valence-electron chi connectivity index (χ2n) is 4.48. The molecular formula is C12H14ClN3O. The predicted molar refractivity (Wildman–Crippen MR) is 65.2 cm³/mol. The first-order valence-electron chi connectivity index (χ1n) is 5.90. The van der Waals surface area contributed by atoms with Crippen molar-refractivity contribution in [3.63, 3.8) is 0 Å². The number of hydrogen-bond acceptors (Lipinski definition) is 3. The van der Waals surface area contributed by atoms with E-state index in [1.807, 2.05) is 22.7 Å². The number of hydrogen-bond donors (Lipinski definition) is 0. The average molecular weight is 252 g/mol. The van der Waals surface area contributed by atoms with Crippen molar-refractivity contribution >= 4 is 17.2 Å². The highest BCUT2D eigenvalue weighted by atomic mass is 35.5. The Hall–Kier alpha value is -1.13. The highest BCUT2D eigenvalue weighted by Gasteiger charge is 2.17. The maximum absolute atomic E-state index is 5.92. The number of rotatable bonds is 2. The largest absolute Gasteiger partial charge is 0.381 e. The van der Waals surface area contributed by atoms with Gasteiger partial charge in [-0.2, -0.15) is 0 Å². The molecule has 3 heterocycles. The summed E-state index contributed by atoms with van der Waals surface area (Å²) < 4.78 is 7.48. The van der Waals surface area contributed by atoms with Crippen molar-refractivity contribution in [1.29, 1.82) is 0 Å². The van der Waals surface area contributed by atoms with Gasteiger partial charge in [-0.05, 0) is 24.8 Å². The second kappa shape index (κ2) is 4.63. The van der Waals surface area contributed by atoms with Crippen LogP contribution in [0.3, 0.4) is 0 Å². The van der Waals surface area contributed by atoms with Crippen molar-refractivity contribution in [2.45, 2.75) is 19.3 Å². The zero-order chi connectivity index (χ0) is 11.7. The van der Waals surface area contributed by atoms with E-state index in [-0.39, 0.29) is 0 Å². The van der Waals surface area contributed by atoms with Crippen LogP contribution in [0.4, 0.5) is 0 Å². The summed E-state index contributed by atoms with van der Waals surface area (Å²) in [5.74, 6) is 1.55. The van der Waals surface area contributed by atoms with Gasteiger partial charge in [0.25, 0.3) is 0 Å². The van der Waals surface area contributed by atoms with Crippen molar-refractivity contribution in [2.24, 2.45) is 5.92 Å². The fourth-order valence-corrected chi connectivity index (χ4v) is 2.44. The van der Waals surface area contributed by atoms with Gasteiger partial charge in [0.15, 0.2) is 5.65 Å². The van der Waals surface area contributed by atoms with Gasteiger partial charge in [-0.15, -0.1) is 10.2 Å². The lowest BCUT2D eigenvalue weighted by Crippen LogP contribution is -2.20. The summed E-state index contributed by atoms with van der Waals surface area (Å²) in [6.07, 6.45) is 5.20. The van der Waals surface area contributed by atoms with E-state index in [2.05, 4.69) is 10.2 Å². The molecule has 4 nitrogen and oxygen atoms in total. The number of halogens is 1. The molecule has 1 aliphatic heterocycles. The first-order chi connectivity index (χ1) is 8.33. The summed E-state index contributed by atoms with van der Waals surface area (Å²) in [5, 5.41) is 9.05. The third-order valence-electron chi connectivity index (χ3n) is 3.17. The number of fused-ring (bicyclic) bond motifs is 1. The topological polar surface area (TPSA) is 39.4 Å². The fraction of sp³-hybridized carbons (Fsp3) is 0.500. The molecule has 0 spiro atoms. The molecule has 1 aliphatic rings. The van der Waals surface area contributed by atoms with Crippen LogP contribution < -0.4 is 0 Å². The monoisotopic (exact) mass is 251 g/mol. The van der Waals surface area contributed by atoms with Gasteiger partial charge in [0, 0.05) is 36.9 Å². The molecule has 0 saturated carbocycles. The zero-order valence-electron chi connectivity index (χ0n) is 9.47. The van der Waals surface area contributed by atoms with Gasteiger partial charge >= 0.3 is 0 Å². The number of pyridine rings is 1. The van der Waals surface area contributed by atoms with Gasteiger partial charge in [-0.25, -0.2) is 0 Å². The Balaban J connectivity index is 1.84. The van der Waals surface area contributed by atoms with Crippen molar-refractivity contribution in [2.75, 3.05) is 13.2 Å². The Morgan fingerprint density at radius 1 is 1.47 bits per heavy atom. The van der Waals surface area contributed by atoms with E-state index in [0.29, 0.717) is 10.9 Å². The molecule has 5 heteroatoms. The van der Waals surface area contributed by atoms with Crippen molar-refractivity contribution in [1.82, 2.24) is 14.6 Å². The maximum Gasteiger partial charge on any atom is 0.162 e. The van der Waals surface area contributed by atoms with Crippen LogP contribution in [0.25, 0.3) is 5.65 Å². The molecule has 0 radical (unpaired) electrons. The third-order valence-corrected chi connectivity index (χ3v) is 3.40. The summed E-state index contributed by atoms with van der Waals surface area (Å²) in [7, 11) is 0. The smallest absolute Gasteiger partial charge is 0.162 e. The first-order valence-corrected chi connectivity index (χ1v) is 6.27. The summed E-state index contributed by atoms with van der Waals surface area (Å²) in [5.41, 5.74) is 0.809. The average Bonchev–Trinajstić information content (AvgIpc) is 2.73. The van der Waals surface area contributed by atoms with Crippen LogP contribution in [0.5, 0.6) is 0 Å². The van der Waals surface area contributed by atoms with Crippen LogP contribution in [0.15, 0.2) is 18.3 Å². The second-order valence-corrected chi connectivity index (χ2v) is 4.91. The molecule has 3 rings (SSSR count). The summed E-state index contributed by atoms with van der Waals surface area (Å²) in [6, 6.07) is 3.69. The number of ether oxygens (including phenoxy) is 1. The minimum Gasteiger partial charge on any atom is -0.381 e. The summed E-state index contributed by atoms with van der Waals surface area (Å²) in [4.78, 5) is 0. The molecular weight excluding hydrogens is 238 g/mol. The SMILES string of the molecule is Clc1ccn2c(CC3CCCOC3)nnc2c1. The van der Waals surface area contributed by atoms with Gasteiger partial charge in [0.05, 0.1) is 0 Å². The van der Waals surface area contributed by atoms with Crippen LogP contribution >= 0.6 is 11.6 Å². The minimum absolute atomic E-state index is 0.562. The fourth-order valence-electron chi connectivity index (χ4n) is 2.28. The molecule has 0 amide bonds. The van der Waals surface area contributed by atoms with Crippen LogP contribution in [-0.4, -0.2) is 27.8 Å². The highest BCUT2D eigenvalue weighted by Crippen LogP contribution is 2.19. The quantitative estimate of drug-likeness (QED) is 0.823. The minimum atomic E-state index is 0.562. The van der Waals surface area contributed by atoms with Crippen LogP contribution in [0.2, 0.25) is 5.02 Å². The lowest BCUT2D eigenvalue weighted by Gasteiger charge is -2.20. The van der Waals surface area contributed by atoms with Crippen molar-refractivity contribution in [3.8, 4) is 0 Å². The molecule has 17 heavy (non-hydrogen) atoms. The van der Waals surface area contributed by atoms with Gasteiger partial charge in [0.1, 0.15) is 5.82 Å². The molecule has 0 aromatic carbocycles. The maximum atomic E-state index is 5.92. The van der Waals surface area contributed by atoms with Crippen LogP contribution in [-0.2, 0) is 11.2 Å². The molecule has 2 aromatic rings. The molecule has 1 atom stereocenters. The van der Waals surface area contributed by atoms with Gasteiger partial charge in [0.2, 0.25) is 0 Å². The van der Waals surface area contributed by atoms with Crippen molar-refractivity contribution in [3.05, 3.63) is 29.2 Å². The van der Waals surface area contributed by atoms with E-state index in [1.165, 1.54) is 6.42 Å². The van der Waals surface area contributed by atoms with Gasteiger partial charge in [-0.3, -0.25) is 4.40 Å². The molecule has 1 unspecified atom stereocenters. The molecule has 0 bridgehead atoms. The molecule has 1 saturated heterocycles. The number of nitrogens with zero attached hydrogens (tertiary/aromatic N) is 3. The molecule has 0 aliphatic carbocycles. The lowest BCUT2D eigenvalue weighted by molar-refractivity contribution is 0.0542. The standard InChI is InChI=1S/C12H14ClN3O/c13-10-3-4-16-11(14-15-12(16)7-10)6-9-2-1-5-17-8-9/h3-4,7,9H,1-2,5-6,8H2. The van der Waals surface area contributed by atoms with Gasteiger partial charge in [-0.1, -0.05) is 11.6 Å². The summed E-state index contributed by atoms with van der Waals surface area (Å²) >= 11 is 5.92. The Kier molecular flexibility index (Phi) is 2.99. The van der Waals surface area contributed by atoms with Crippen LogP contribution in [0, 0.1) is 5.92 Å². The Morgan fingerprint density at radius 3 is 3.24 bits per heavy atom. The normalized spacial score (nSPS) is 20.9. The molecule has 90 valence electrons. The predicted octanol–water partition coefficient (Wildman–Crippen LogP) is 2.35. The first kappa shape index (κ1) is 11.0. The van der Waals surface area contributed by atoms with E-state index in [9.17, 15) is 0 Å². The Bertz CT molecular complexity index is 519. The van der Waals surface area contributed by atoms with Crippen molar-refractivity contribution < 1.29 is 4.74 Å². The Morgan fingerprint density at radius 2 is 2.41 bits per heavy atom. The summed E-state index contributed by atoms with van der Waals surface area (Å²) in [6.45, 7) is 1.73. The van der Waals surface area contributed by atoms with E-state index in [0.717, 1.165) is 37.5 Å². The molecule has 1 fully saturated rings.